The predicted molar refractivity (Wildman–Crippen MR) is 56.9 cm³/mol. The van der Waals surface area contributed by atoms with Crippen LogP contribution in [-0.4, -0.2) is 52.6 Å². The molecule has 3 nitrogen and oxygen atoms in total. The van der Waals surface area contributed by atoms with Crippen molar-refractivity contribution in [3.8, 4) is 0 Å². The summed E-state index contributed by atoms with van der Waals surface area (Å²) < 4.78 is 0.862. The van der Waals surface area contributed by atoms with Crippen LogP contribution in [0.1, 0.15) is 33.6 Å². The summed E-state index contributed by atoms with van der Waals surface area (Å²) in [4.78, 5) is 0. The Bertz CT molecular complexity index is 205. The first-order valence-corrected chi connectivity index (χ1v) is 5.48. The second-order valence-electron chi connectivity index (χ2n) is 5.47. The number of rotatable bonds is 2. The first kappa shape index (κ1) is 12.0. The highest BCUT2D eigenvalue weighted by Crippen LogP contribution is 2.37. The lowest BCUT2D eigenvalue weighted by Crippen LogP contribution is -2.68. The third kappa shape index (κ3) is 1.81. The zero-order valence-electron chi connectivity index (χ0n) is 9.82. The van der Waals surface area contributed by atoms with Crippen LogP contribution in [0, 0.1) is 0 Å². The van der Waals surface area contributed by atoms with E-state index >= 15 is 0 Å². The quantitative estimate of drug-likeness (QED) is 0.649. The lowest BCUT2D eigenvalue weighted by atomic mass is 9.82. The summed E-state index contributed by atoms with van der Waals surface area (Å²) in [6.07, 6.45) is 1.50. The molecule has 1 fully saturated rings. The Morgan fingerprint density at radius 1 is 1.43 bits per heavy atom. The van der Waals surface area contributed by atoms with Gasteiger partial charge in [-0.2, -0.15) is 0 Å². The fraction of sp³-hybridized carbons (Fsp3) is 1.00. The third-order valence-electron chi connectivity index (χ3n) is 4.27. The van der Waals surface area contributed by atoms with Crippen LogP contribution in [0.2, 0.25) is 0 Å². The van der Waals surface area contributed by atoms with E-state index in [9.17, 15) is 5.11 Å². The number of likely N-dealkylation sites (N-methyl/N-ethyl adjacent to an activating group) is 1. The minimum absolute atomic E-state index is 0.0554. The zero-order chi connectivity index (χ0) is 11.0. The molecule has 3 unspecified atom stereocenters. The normalized spacial score (nSPS) is 42.4. The molecule has 3 heteroatoms. The number of hydrogen-bond acceptors (Lipinski definition) is 2. The van der Waals surface area contributed by atoms with E-state index < -0.39 is 0 Å². The summed E-state index contributed by atoms with van der Waals surface area (Å²) in [5, 5.41) is 18.9. The summed E-state index contributed by atoms with van der Waals surface area (Å²) in [6.45, 7) is 7.53. The van der Waals surface area contributed by atoms with Crippen molar-refractivity contribution < 1.29 is 14.7 Å². The maximum Gasteiger partial charge on any atom is 0.103 e. The third-order valence-corrected chi connectivity index (χ3v) is 4.27. The molecule has 0 aromatic carbocycles. The second-order valence-corrected chi connectivity index (χ2v) is 5.47. The zero-order valence-corrected chi connectivity index (χ0v) is 9.82. The van der Waals surface area contributed by atoms with Crippen molar-refractivity contribution in [1.29, 1.82) is 0 Å². The van der Waals surface area contributed by atoms with E-state index in [0.717, 1.165) is 23.9 Å². The van der Waals surface area contributed by atoms with Gasteiger partial charge in [-0.25, -0.2) is 0 Å². The molecule has 14 heavy (non-hydrogen) atoms. The average molecular weight is 202 g/mol. The summed E-state index contributed by atoms with van der Waals surface area (Å²) >= 11 is 0. The maximum atomic E-state index is 9.74. The largest absolute Gasteiger partial charge is 0.393 e. The number of aliphatic hydroxyl groups excluding tert-OH is 2. The highest BCUT2D eigenvalue weighted by Gasteiger charge is 2.49. The van der Waals surface area contributed by atoms with Crippen molar-refractivity contribution in [3.63, 3.8) is 0 Å². The first-order valence-electron chi connectivity index (χ1n) is 5.48. The lowest BCUT2D eigenvalue weighted by molar-refractivity contribution is -0.982. The molecule has 0 saturated carbocycles. The van der Waals surface area contributed by atoms with Crippen LogP contribution in [0.3, 0.4) is 0 Å². The summed E-state index contributed by atoms with van der Waals surface area (Å²) in [6, 6.07) is 0.418. The van der Waals surface area contributed by atoms with Gasteiger partial charge in [0, 0.05) is 12.8 Å². The molecule has 0 aromatic rings. The van der Waals surface area contributed by atoms with Gasteiger partial charge in [0.2, 0.25) is 0 Å². The molecule has 0 amide bonds. The van der Waals surface area contributed by atoms with Gasteiger partial charge in [0.25, 0.3) is 0 Å². The monoisotopic (exact) mass is 202 g/mol. The van der Waals surface area contributed by atoms with Crippen LogP contribution in [0.25, 0.3) is 0 Å². The maximum absolute atomic E-state index is 9.74. The van der Waals surface area contributed by atoms with E-state index in [-0.39, 0.29) is 18.2 Å². The van der Waals surface area contributed by atoms with Gasteiger partial charge < -0.3 is 14.7 Å². The Hall–Kier alpha value is -0.120. The highest BCUT2D eigenvalue weighted by atomic mass is 16.3. The van der Waals surface area contributed by atoms with Crippen molar-refractivity contribution in [3.05, 3.63) is 0 Å². The molecule has 0 aromatic heterocycles. The Balaban J connectivity index is 2.89. The number of quaternary nitrogens is 1. The SMILES string of the molecule is CC1CC(O)CC(C)(C)[N+]1(C)CCO. The summed E-state index contributed by atoms with van der Waals surface area (Å²) in [5.74, 6) is 0. The number of likely N-dealkylation sites (tertiary alicyclic amines) is 1. The van der Waals surface area contributed by atoms with Gasteiger partial charge >= 0.3 is 0 Å². The predicted octanol–water partition coefficient (Wildman–Crippen LogP) is 0.747. The van der Waals surface area contributed by atoms with Gasteiger partial charge in [-0.05, 0) is 20.8 Å². The Morgan fingerprint density at radius 3 is 2.43 bits per heavy atom. The fourth-order valence-corrected chi connectivity index (χ4v) is 2.82. The van der Waals surface area contributed by atoms with Crippen LogP contribution in [0.5, 0.6) is 0 Å². The van der Waals surface area contributed by atoms with E-state index in [2.05, 4.69) is 27.8 Å². The van der Waals surface area contributed by atoms with Gasteiger partial charge in [-0.3, -0.25) is 0 Å². The molecule has 0 bridgehead atoms. The van der Waals surface area contributed by atoms with E-state index in [1.54, 1.807) is 0 Å². The molecule has 0 radical (unpaired) electrons. The number of piperidine rings is 1. The Labute approximate surface area is 86.9 Å². The standard InChI is InChI=1S/C11H24NO2/c1-9-7-10(14)8-11(2,3)12(9,4)5-6-13/h9-10,13-14H,5-8H2,1-4H3/q+1. The summed E-state index contributed by atoms with van der Waals surface area (Å²) in [7, 11) is 2.19. The van der Waals surface area contributed by atoms with Crippen molar-refractivity contribution in [2.45, 2.75) is 51.3 Å². The van der Waals surface area contributed by atoms with Gasteiger partial charge in [0.15, 0.2) is 0 Å². The van der Waals surface area contributed by atoms with Crippen molar-refractivity contribution in [2.24, 2.45) is 0 Å². The average Bonchev–Trinajstić information content (AvgIpc) is 2.00. The molecule has 1 aliphatic heterocycles. The van der Waals surface area contributed by atoms with Crippen molar-refractivity contribution >= 4 is 0 Å². The number of aliphatic hydroxyl groups is 2. The van der Waals surface area contributed by atoms with Crippen molar-refractivity contribution in [1.82, 2.24) is 0 Å². The molecule has 3 atom stereocenters. The summed E-state index contributed by atoms with van der Waals surface area (Å²) in [5.41, 5.74) is 0.0554. The van der Waals surface area contributed by atoms with Crippen LogP contribution >= 0.6 is 0 Å². The van der Waals surface area contributed by atoms with Gasteiger partial charge in [-0.1, -0.05) is 0 Å². The van der Waals surface area contributed by atoms with E-state index in [4.69, 9.17) is 5.11 Å². The Morgan fingerprint density at radius 2 is 2.00 bits per heavy atom. The molecule has 84 valence electrons. The molecular formula is C11H24NO2+. The van der Waals surface area contributed by atoms with E-state index in [0.29, 0.717) is 6.04 Å². The molecule has 0 spiro atoms. The topological polar surface area (TPSA) is 40.5 Å². The molecule has 1 saturated heterocycles. The van der Waals surface area contributed by atoms with Crippen molar-refractivity contribution in [2.75, 3.05) is 20.2 Å². The smallest absolute Gasteiger partial charge is 0.103 e. The molecule has 1 aliphatic rings. The molecule has 0 aliphatic carbocycles. The Kier molecular flexibility index (Phi) is 3.24. The van der Waals surface area contributed by atoms with Gasteiger partial charge in [0.05, 0.1) is 31.3 Å². The molecule has 1 rings (SSSR count). The highest BCUT2D eigenvalue weighted by molar-refractivity contribution is 4.83. The first-order chi connectivity index (χ1) is 6.33. The van der Waals surface area contributed by atoms with Crippen LogP contribution in [0.4, 0.5) is 0 Å². The second kappa shape index (κ2) is 3.80. The van der Waals surface area contributed by atoms with Crippen LogP contribution in [0.15, 0.2) is 0 Å². The van der Waals surface area contributed by atoms with Crippen LogP contribution < -0.4 is 0 Å². The molecule has 2 N–H and O–H groups in total. The van der Waals surface area contributed by atoms with E-state index in [1.165, 1.54) is 0 Å². The van der Waals surface area contributed by atoms with Crippen LogP contribution in [-0.2, 0) is 0 Å². The molecule has 1 heterocycles. The minimum atomic E-state index is -0.176. The molecular weight excluding hydrogens is 178 g/mol. The lowest BCUT2D eigenvalue weighted by Gasteiger charge is -2.55. The van der Waals surface area contributed by atoms with Gasteiger partial charge in [-0.15, -0.1) is 0 Å². The number of nitrogens with zero attached hydrogens (tertiary/aromatic N) is 1. The number of hydrogen-bond donors (Lipinski definition) is 2. The minimum Gasteiger partial charge on any atom is -0.393 e. The van der Waals surface area contributed by atoms with Gasteiger partial charge in [0.1, 0.15) is 6.54 Å². The fourth-order valence-electron chi connectivity index (χ4n) is 2.82. The van der Waals surface area contributed by atoms with E-state index in [1.807, 2.05) is 0 Å².